The van der Waals surface area contributed by atoms with E-state index in [1.165, 1.54) is 19.2 Å². The SMILES string of the molecule is COc1cc(/C=C2\C(=O)N(c3cccc(C)c3)C(=O)c3ccccc32)cc(O)c1O. The first-order valence-corrected chi connectivity index (χ1v) is 9.27. The van der Waals surface area contributed by atoms with Gasteiger partial charge < -0.3 is 14.9 Å². The lowest BCUT2D eigenvalue weighted by Gasteiger charge is -2.29. The van der Waals surface area contributed by atoms with Crippen molar-refractivity contribution in [2.75, 3.05) is 12.0 Å². The van der Waals surface area contributed by atoms with Crippen LogP contribution in [0.2, 0.25) is 0 Å². The van der Waals surface area contributed by atoms with Gasteiger partial charge in [-0.25, -0.2) is 4.90 Å². The molecule has 1 heterocycles. The molecule has 0 saturated heterocycles. The summed E-state index contributed by atoms with van der Waals surface area (Å²) in [6.07, 6.45) is 1.57. The second-order valence-corrected chi connectivity index (χ2v) is 6.98. The molecule has 150 valence electrons. The standard InChI is InChI=1S/C24H19NO5/c1-14-6-5-7-16(10-14)25-23(28)18-9-4-3-8-17(18)19(24(25)29)11-15-12-20(26)22(27)21(13-15)30-2/h3-13,26-27H,1-2H3/b19-11-. The van der Waals surface area contributed by atoms with Crippen LogP contribution in [0.25, 0.3) is 11.6 Å². The molecule has 0 spiro atoms. The summed E-state index contributed by atoms with van der Waals surface area (Å²) in [5, 5.41) is 19.9. The molecule has 0 bridgehead atoms. The fourth-order valence-corrected chi connectivity index (χ4v) is 3.51. The highest BCUT2D eigenvalue weighted by molar-refractivity contribution is 6.43. The molecule has 2 amide bonds. The predicted molar refractivity (Wildman–Crippen MR) is 114 cm³/mol. The van der Waals surface area contributed by atoms with Crippen molar-refractivity contribution in [3.63, 3.8) is 0 Å². The monoisotopic (exact) mass is 401 g/mol. The first kappa shape index (κ1) is 19.3. The van der Waals surface area contributed by atoms with Crippen LogP contribution >= 0.6 is 0 Å². The Morgan fingerprint density at radius 1 is 0.900 bits per heavy atom. The van der Waals surface area contributed by atoms with E-state index in [1.807, 2.05) is 13.0 Å². The number of phenols is 2. The smallest absolute Gasteiger partial charge is 0.265 e. The molecule has 0 radical (unpaired) electrons. The second-order valence-electron chi connectivity index (χ2n) is 6.98. The van der Waals surface area contributed by atoms with Crippen LogP contribution in [0.5, 0.6) is 17.2 Å². The largest absolute Gasteiger partial charge is 0.504 e. The number of rotatable bonds is 3. The summed E-state index contributed by atoms with van der Waals surface area (Å²) in [5.74, 6) is -1.55. The van der Waals surface area contributed by atoms with Crippen LogP contribution in [0.3, 0.4) is 0 Å². The predicted octanol–water partition coefficient (Wildman–Crippen LogP) is 4.14. The number of anilines is 1. The molecule has 0 unspecified atom stereocenters. The Morgan fingerprint density at radius 3 is 2.33 bits per heavy atom. The van der Waals surface area contributed by atoms with Crippen molar-refractivity contribution >= 4 is 29.2 Å². The fraction of sp³-hybridized carbons (Fsp3) is 0.0833. The molecule has 4 rings (SSSR count). The number of imide groups is 1. The van der Waals surface area contributed by atoms with Gasteiger partial charge in [0.25, 0.3) is 11.8 Å². The van der Waals surface area contributed by atoms with Crippen LogP contribution in [-0.2, 0) is 4.79 Å². The molecule has 0 aliphatic carbocycles. The Kier molecular flexibility index (Phi) is 4.75. The summed E-state index contributed by atoms with van der Waals surface area (Å²) < 4.78 is 5.08. The van der Waals surface area contributed by atoms with E-state index < -0.39 is 11.8 Å². The third kappa shape index (κ3) is 3.18. The van der Waals surface area contributed by atoms with Gasteiger partial charge in [0, 0.05) is 11.1 Å². The number of carbonyl (C=O) groups is 2. The molecule has 1 aliphatic rings. The zero-order chi connectivity index (χ0) is 21.4. The van der Waals surface area contributed by atoms with Gasteiger partial charge in [-0.05, 0) is 60.0 Å². The fourth-order valence-electron chi connectivity index (χ4n) is 3.51. The third-order valence-corrected chi connectivity index (χ3v) is 4.95. The maximum absolute atomic E-state index is 13.4. The number of phenolic OH excluding ortho intramolecular Hbond substituents is 2. The first-order valence-electron chi connectivity index (χ1n) is 9.27. The van der Waals surface area contributed by atoms with Crippen LogP contribution < -0.4 is 9.64 Å². The van der Waals surface area contributed by atoms with E-state index >= 15 is 0 Å². The van der Waals surface area contributed by atoms with Crippen LogP contribution in [0.1, 0.15) is 27.0 Å². The Hall–Kier alpha value is -4.06. The van der Waals surface area contributed by atoms with E-state index in [2.05, 4.69) is 0 Å². The maximum Gasteiger partial charge on any atom is 0.265 e. The highest BCUT2D eigenvalue weighted by atomic mass is 16.5. The summed E-state index contributed by atoms with van der Waals surface area (Å²) >= 11 is 0. The number of methoxy groups -OCH3 is 1. The van der Waals surface area contributed by atoms with E-state index in [-0.39, 0.29) is 17.2 Å². The number of amides is 2. The van der Waals surface area contributed by atoms with Gasteiger partial charge in [0.2, 0.25) is 5.75 Å². The molecular weight excluding hydrogens is 382 g/mol. The van der Waals surface area contributed by atoms with E-state index in [9.17, 15) is 19.8 Å². The Bertz CT molecular complexity index is 1210. The Balaban J connectivity index is 1.92. The van der Waals surface area contributed by atoms with Gasteiger partial charge in [0.1, 0.15) is 0 Å². The number of aromatic hydroxyl groups is 2. The van der Waals surface area contributed by atoms with Gasteiger partial charge >= 0.3 is 0 Å². The number of fused-ring (bicyclic) bond motifs is 1. The van der Waals surface area contributed by atoms with Crippen molar-refractivity contribution in [3.8, 4) is 17.2 Å². The summed E-state index contributed by atoms with van der Waals surface area (Å²) in [4.78, 5) is 27.7. The van der Waals surface area contributed by atoms with Crippen LogP contribution in [0.15, 0.2) is 60.7 Å². The molecule has 0 saturated carbocycles. The summed E-state index contributed by atoms with van der Waals surface area (Å²) in [5.41, 5.74) is 3.04. The molecule has 3 aromatic rings. The molecule has 3 aromatic carbocycles. The number of hydrogen-bond donors (Lipinski definition) is 2. The molecular formula is C24H19NO5. The lowest BCUT2D eigenvalue weighted by atomic mass is 9.91. The molecule has 6 heteroatoms. The highest BCUT2D eigenvalue weighted by Crippen LogP contribution is 2.39. The normalized spacial score (nSPS) is 14.7. The lowest BCUT2D eigenvalue weighted by Crippen LogP contribution is -2.41. The van der Waals surface area contributed by atoms with E-state index in [1.54, 1.807) is 48.5 Å². The lowest BCUT2D eigenvalue weighted by molar-refractivity contribution is -0.112. The number of nitrogens with zero attached hydrogens (tertiary/aromatic N) is 1. The van der Waals surface area contributed by atoms with E-state index in [0.717, 1.165) is 10.5 Å². The third-order valence-electron chi connectivity index (χ3n) is 4.95. The van der Waals surface area contributed by atoms with Crippen molar-refractivity contribution in [3.05, 3.63) is 82.9 Å². The summed E-state index contributed by atoms with van der Waals surface area (Å²) in [6.45, 7) is 1.89. The van der Waals surface area contributed by atoms with Crippen molar-refractivity contribution in [1.29, 1.82) is 0 Å². The maximum atomic E-state index is 13.4. The van der Waals surface area contributed by atoms with Crippen molar-refractivity contribution in [2.24, 2.45) is 0 Å². The molecule has 30 heavy (non-hydrogen) atoms. The number of hydrogen-bond acceptors (Lipinski definition) is 5. The van der Waals surface area contributed by atoms with Crippen LogP contribution in [-0.4, -0.2) is 29.1 Å². The van der Waals surface area contributed by atoms with Gasteiger partial charge in [0.05, 0.1) is 12.8 Å². The number of ether oxygens (including phenoxy) is 1. The molecule has 6 nitrogen and oxygen atoms in total. The van der Waals surface area contributed by atoms with Gasteiger partial charge in [-0.3, -0.25) is 9.59 Å². The minimum atomic E-state index is -0.476. The minimum Gasteiger partial charge on any atom is -0.504 e. The molecule has 0 atom stereocenters. The van der Waals surface area contributed by atoms with E-state index in [0.29, 0.717) is 28.0 Å². The topological polar surface area (TPSA) is 87.1 Å². The quantitative estimate of drug-likeness (QED) is 0.391. The average molecular weight is 401 g/mol. The van der Waals surface area contributed by atoms with Crippen LogP contribution in [0, 0.1) is 6.92 Å². The van der Waals surface area contributed by atoms with Crippen molar-refractivity contribution in [1.82, 2.24) is 0 Å². The van der Waals surface area contributed by atoms with Gasteiger partial charge in [-0.2, -0.15) is 0 Å². The van der Waals surface area contributed by atoms with Gasteiger partial charge in [-0.1, -0.05) is 30.3 Å². The number of carbonyl (C=O) groups excluding carboxylic acids is 2. The van der Waals surface area contributed by atoms with Gasteiger partial charge in [0.15, 0.2) is 11.5 Å². The minimum absolute atomic E-state index is 0.0741. The number of benzene rings is 3. The van der Waals surface area contributed by atoms with E-state index in [4.69, 9.17) is 4.74 Å². The summed E-state index contributed by atoms with van der Waals surface area (Å²) in [6, 6.07) is 16.9. The number of aryl methyl sites for hydroxylation is 1. The van der Waals surface area contributed by atoms with Crippen molar-refractivity contribution in [2.45, 2.75) is 6.92 Å². The summed E-state index contributed by atoms with van der Waals surface area (Å²) in [7, 11) is 1.37. The molecule has 1 aliphatic heterocycles. The molecule has 2 N–H and O–H groups in total. The molecule has 0 aromatic heterocycles. The van der Waals surface area contributed by atoms with Gasteiger partial charge in [-0.15, -0.1) is 0 Å². The van der Waals surface area contributed by atoms with Crippen molar-refractivity contribution < 1.29 is 24.5 Å². The molecule has 0 fully saturated rings. The van der Waals surface area contributed by atoms with Crippen LogP contribution in [0.4, 0.5) is 5.69 Å². The Morgan fingerprint density at radius 2 is 1.63 bits per heavy atom. The first-order chi connectivity index (χ1) is 14.4. The average Bonchev–Trinajstić information content (AvgIpc) is 2.73. The zero-order valence-corrected chi connectivity index (χ0v) is 16.4. The Labute approximate surface area is 173 Å². The zero-order valence-electron chi connectivity index (χ0n) is 16.4. The highest BCUT2D eigenvalue weighted by Gasteiger charge is 2.35. The second kappa shape index (κ2) is 7.40.